The highest BCUT2D eigenvalue weighted by Gasteiger charge is 2.40. The third-order valence-electron chi connectivity index (χ3n) is 9.60. The summed E-state index contributed by atoms with van der Waals surface area (Å²) in [6.45, 7) is 5.08. The number of nitrogens with zero attached hydrogens (tertiary/aromatic N) is 4. The van der Waals surface area contributed by atoms with E-state index in [0.717, 1.165) is 27.6 Å². The van der Waals surface area contributed by atoms with Gasteiger partial charge in [0.25, 0.3) is 5.56 Å². The molecule has 2 amide bonds. The number of carbonyl (C=O) groups excluding carboxylic acids is 3. The number of ketones is 1. The smallest absolute Gasteiger partial charge is 0.322 e. The average Bonchev–Trinajstić information content (AvgIpc) is 3.36. The number of cyclic esters (lactones) is 1. The van der Waals surface area contributed by atoms with Crippen LogP contribution in [0.4, 0.5) is 10.5 Å². The van der Waals surface area contributed by atoms with Crippen molar-refractivity contribution in [2.45, 2.75) is 58.4 Å². The second-order valence-corrected chi connectivity index (χ2v) is 12.3. The van der Waals surface area contributed by atoms with Gasteiger partial charge in [-0.1, -0.05) is 37.3 Å². The maximum absolute atomic E-state index is 13.9. The molecule has 5 heterocycles. The molecule has 0 saturated carbocycles. The molecule has 2 N–H and O–H groups in total. The second-order valence-electron chi connectivity index (χ2n) is 12.3. The summed E-state index contributed by atoms with van der Waals surface area (Å²) >= 11 is 0. The Morgan fingerprint density at radius 1 is 1.15 bits per heavy atom. The fourth-order valence-corrected chi connectivity index (χ4v) is 6.84. The lowest BCUT2D eigenvalue weighted by molar-refractivity contribution is -0.149. The van der Waals surface area contributed by atoms with Crippen LogP contribution in [0.5, 0.6) is 0 Å². The minimum absolute atomic E-state index is 0.114. The zero-order valence-electron chi connectivity index (χ0n) is 26.5. The lowest BCUT2D eigenvalue weighted by atomic mass is 9.85. The predicted octanol–water partition coefficient (Wildman–Crippen LogP) is 4.78. The van der Waals surface area contributed by atoms with Crippen LogP contribution in [0, 0.1) is 0 Å². The lowest BCUT2D eigenvalue weighted by Gasteiger charge is -2.33. The first-order chi connectivity index (χ1) is 22.5. The number of ether oxygens (including phenoxy) is 1. The number of aliphatic imine (C=N–C) groups is 1. The van der Waals surface area contributed by atoms with E-state index in [1.807, 2.05) is 48.5 Å². The Labute approximate surface area is 270 Å². The topological polar surface area (TPSA) is 143 Å². The summed E-state index contributed by atoms with van der Waals surface area (Å²) in [5.41, 5.74) is 4.93. The monoisotopic (exact) mass is 631 g/mol. The fraction of sp³-hybridized carbons (Fsp3) is 0.278. The van der Waals surface area contributed by atoms with E-state index in [0.29, 0.717) is 33.9 Å². The van der Waals surface area contributed by atoms with Gasteiger partial charge in [0.05, 0.1) is 47.2 Å². The van der Waals surface area contributed by atoms with Crippen molar-refractivity contribution in [2.24, 2.45) is 4.99 Å². The van der Waals surface area contributed by atoms with Crippen LogP contribution < -0.4 is 10.9 Å². The molecule has 0 aliphatic carbocycles. The number of aliphatic hydroxyl groups is 1. The van der Waals surface area contributed by atoms with Gasteiger partial charge in [-0.05, 0) is 55.7 Å². The highest BCUT2D eigenvalue weighted by atomic mass is 16.5. The number of Topliss-reactive ketones (excluding diaryl/α,β-unsaturated/α-hetero) is 1. The van der Waals surface area contributed by atoms with Gasteiger partial charge >= 0.3 is 12.0 Å². The molecule has 2 atom stereocenters. The number of hydrogen-bond donors (Lipinski definition) is 2. The maximum atomic E-state index is 13.9. The lowest BCUT2D eigenvalue weighted by Crippen LogP contribution is -2.45. The molecule has 0 fully saturated rings. The van der Waals surface area contributed by atoms with Crippen LogP contribution in [0.1, 0.15) is 67.5 Å². The van der Waals surface area contributed by atoms with Gasteiger partial charge in [-0.15, -0.1) is 0 Å². The molecule has 2 unspecified atom stereocenters. The Morgan fingerprint density at radius 2 is 1.89 bits per heavy atom. The molecule has 238 valence electrons. The molecule has 2 aromatic heterocycles. The number of para-hydroxylation sites is 1. The summed E-state index contributed by atoms with van der Waals surface area (Å²) in [4.78, 5) is 62.4. The summed E-state index contributed by atoms with van der Waals surface area (Å²) < 4.78 is 6.93. The molecule has 47 heavy (non-hydrogen) atoms. The van der Waals surface area contributed by atoms with Crippen molar-refractivity contribution in [3.8, 4) is 11.4 Å². The van der Waals surface area contributed by atoms with E-state index < -0.39 is 17.6 Å². The van der Waals surface area contributed by atoms with Crippen molar-refractivity contribution in [3.63, 3.8) is 0 Å². The Bertz CT molecular complexity index is 2150. The Hall–Kier alpha value is -5.42. The Kier molecular flexibility index (Phi) is 7.16. The van der Waals surface area contributed by atoms with E-state index in [-0.39, 0.29) is 48.9 Å². The molecule has 7 rings (SSSR count). The second kappa shape index (κ2) is 11.1. The number of allylic oxidation sites excluding steroid dienone is 1. The van der Waals surface area contributed by atoms with Gasteiger partial charge in [0.2, 0.25) is 0 Å². The zero-order chi connectivity index (χ0) is 33.2. The number of fused-ring (bicyclic) bond motifs is 5. The number of urea groups is 1. The van der Waals surface area contributed by atoms with E-state index in [4.69, 9.17) is 14.7 Å². The summed E-state index contributed by atoms with van der Waals surface area (Å²) in [5, 5.41) is 15.3. The molecule has 0 radical (unpaired) electrons. The molecular formula is C36H33N5O6. The Balaban J connectivity index is 1.29. The van der Waals surface area contributed by atoms with Gasteiger partial charge in [-0.3, -0.25) is 19.4 Å². The van der Waals surface area contributed by atoms with Crippen molar-refractivity contribution in [1.82, 2.24) is 19.8 Å². The highest BCUT2D eigenvalue weighted by Crippen LogP contribution is 2.40. The molecule has 0 spiro atoms. The maximum Gasteiger partial charge on any atom is 0.322 e. The predicted molar refractivity (Wildman–Crippen MR) is 175 cm³/mol. The largest absolute Gasteiger partial charge is 0.460 e. The van der Waals surface area contributed by atoms with Crippen LogP contribution in [-0.2, 0) is 33.1 Å². The number of pyridine rings is 2. The number of hydrogen-bond acceptors (Lipinski definition) is 8. The third kappa shape index (κ3) is 4.85. The van der Waals surface area contributed by atoms with Crippen LogP contribution in [-0.4, -0.2) is 50.6 Å². The average molecular weight is 632 g/mol. The number of nitrogens with one attached hydrogen (secondary N) is 1. The quantitative estimate of drug-likeness (QED) is 0.210. The van der Waals surface area contributed by atoms with Crippen molar-refractivity contribution in [1.29, 1.82) is 0 Å². The number of amides is 2. The van der Waals surface area contributed by atoms with E-state index in [2.05, 4.69) is 5.32 Å². The van der Waals surface area contributed by atoms with Gasteiger partial charge < -0.3 is 24.6 Å². The van der Waals surface area contributed by atoms with E-state index in [1.54, 1.807) is 37.7 Å². The van der Waals surface area contributed by atoms with Gasteiger partial charge in [0, 0.05) is 41.0 Å². The van der Waals surface area contributed by atoms with Crippen molar-refractivity contribution < 1.29 is 24.2 Å². The summed E-state index contributed by atoms with van der Waals surface area (Å²) in [6, 6.07) is 16.0. The molecular weight excluding hydrogens is 598 g/mol. The van der Waals surface area contributed by atoms with Gasteiger partial charge in [0.1, 0.15) is 12.2 Å². The van der Waals surface area contributed by atoms with Crippen LogP contribution in [0.15, 0.2) is 75.7 Å². The first-order valence-electron chi connectivity index (χ1n) is 15.5. The minimum atomic E-state index is -1.52. The molecule has 11 heteroatoms. The number of rotatable bonds is 5. The van der Waals surface area contributed by atoms with Crippen molar-refractivity contribution in [2.75, 3.05) is 7.05 Å². The molecule has 4 aromatic rings. The van der Waals surface area contributed by atoms with Crippen LogP contribution in [0.2, 0.25) is 0 Å². The zero-order valence-corrected chi connectivity index (χ0v) is 26.5. The van der Waals surface area contributed by atoms with Gasteiger partial charge in [-0.2, -0.15) is 0 Å². The molecule has 11 nitrogen and oxygen atoms in total. The fourth-order valence-electron chi connectivity index (χ4n) is 6.84. The molecule has 0 saturated heterocycles. The van der Waals surface area contributed by atoms with E-state index in [9.17, 15) is 24.3 Å². The third-order valence-corrected chi connectivity index (χ3v) is 9.60. The number of benzene rings is 2. The first kappa shape index (κ1) is 30.2. The standard InChI is InChI=1S/C36H33N5O6/c1-5-36(46)15-30(43)47-18-26-27(36)14-29-33-25(17-41(29)34(26)44)24(23-8-6-7-9-28(23)38-33)16-37-22-12-10-21(11-13-22)32-31(20(3)42)19(2)40(4)35(45)39-32/h6-14,16,32,46H,5,15,17-18H2,1-4H3,(H,39,45). The number of esters is 1. The number of aromatic nitrogens is 2. The minimum Gasteiger partial charge on any atom is -0.460 e. The summed E-state index contributed by atoms with van der Waals surface area (Å²) in [7, 11) is 1.63. The SMILES string of the molecule is CCC1(O)CC(=O)OCc2c1cc1n(c2=O)Cc2c-1nc1ccccc1c2C=Nc1ccc(C2NC(=O)N(C)C(C)=C2C(C)=O)cc1. The normalized spacial score (nSPS) is 20.5. The van der Waals surface area contributed by atoms with Crippen molar-refractivity contribution >= 4 is 40.6 Å². The molecule has 3 aliphatic rings. The highest BCUT2D eigenvalue weighted by molar-refractivity contribution is 6.03. The van der Waals surface area contributed by atoms with E-state index >= 15 is 0 Å². The van der Waals surface area contributed by atoms with Crippen LogP contribution in [0.3, 0.4) is 0 Å². The van der Waals surface area contributed by atoms with E-state index in [1.165, 1.54) is 11.8 Å². The summed E-state index contributed by atoms with van der Waals surface area (Å²) in [5.74, 6) is -0.662. The Morgan fingerprint density at radius 3 is 2.62 bits per heavy atom. The van der Waals surface area contributed by atoms with Crippen LogP contribution >= 0.6 is 0 Å². The van der Waals surface area contributed by atoms with Crippen LogP contribution in [0.25, 0.3) is 22.3 Å². The van der Waals surface area contributed by atoms with Crippen molar-refractivity contribution in [3.05, 3.63) is 104 Å². The van der Waals surface area contributed by atoms with Gasteiger partial charge in [0.15, 0.2) is 5.78 Å². The summed E-state index contributed by atoms with van der Waals surface area (Å²) in [6.07, 6.45) is 1.78. The first-order valence-corrected chi connectivity index (χ1v) is 15.5. The molecule has 2 aromatic carbocycles. The molecule has 0 bridgehead atoms. The molecule has 3 aliphatic heterocycles. The number of carbonyl (C=O) groups is 3. The van der Waals surface area contributed by atoms with Gasteiger partial charge in [-0.25, -0.2) is 9.78 Å².